The molecule has 0 saturated carbocycles. The molecule has 1 spiro atoms. The Kier molecular flexibility index (Phi) is 5.37. The molecule has 0 amide bonds. The van der Waals surface area contributed by atoms with Crippen LogP contribution >= 0.6 is 0 Å². The second-order valence-corrected chi connectivity index (χ2v) is 12.7. The van der Waals surface area contributed by atoms with Crippen molar-refractivity contribution in [1.29, 1.82) is 0 Å². The minimum atomic E-state index is -0.344. The van der Waals surface area contributed by atoms with Gasteiger partial charge in [-0.15, -0.1) is 0 Å². The molecular formula is C41H33N. The highest BCUT2D eigenvalue weighted by Gasteiger charge is 2.51. The van der Waals surface area contributed by atoms with Crippen molar-refractivity contribution in [3.63, 3.8) is 0 Å². The lowest BCUT2D eigenvalue weighted by Gasteiger charge is -2.31. The first-order valence-electron chi connectivity index (χ1n) is 14.9. The lowest BCUT2D eigenvalue weighted by molar-refractivity contribution is 0.590. The maximum absolute atomic E-state index is 3.73. The predicted octanol–water partition coefficient (Wildman–Crippen LogP) is 10.7. The smallest absolute Gasteiger partial charge is 0.0726 e. The van der Waals surface area contributed by atoms with E-state index >= 15 is 0 Å². The van der Waals surface area contributed by atoms with E-state index in [1.54, 1.807) is 0 Å². The molecule has 202 valence electrons. The van der Waals surface area contributed by atoms with Gasteiger partial charge in [-0.1, -0.05) is 136 Å². The maximum atomic E-state index is 3.73. The molecule has 0 aliphatic heterocycles. The molecule has 0 unspecified atom stereocenters. The first kappa shape index (κ1) is 24.9. The molecule has 0 heterocycles. The summed E-state index contributed by atoms with van der Waals surface area (Å²) in [6.45, 7) is 6.91. The first-order valence-corrected chi connectivity index (χ1v) is 14.9. The SMILES string of the molecule is CC(C)(C)c1ccc2c(c1)-c1ccc(Nc3ccc(-c4ccccc4)cc3)cc1C21c2ccccc2-c2ccccc21. The van der Waals surface area contributed by atoms with Crippen molar-refractivity contribution in [1.82, 2.24) is 0 Å². The van der Waals surface area contributed by atoms with Gasteiger partial charge in [-0.2, -0.15) is 0 Å². The molecular weight excluding hydrogens is 506 g/mol. The minimum absolute atomic E-state index is 0.0733. The zero-order valence-electron chi connectivity index (χ0n) is 24.3. The van der Waals surface area contributed by atoms with Crippen LogP contribution in [0, 0.1) is 0 Å². The monoisotopic (exact) mass is 539 g/mol. The second kappa shape index (κ2) is 9.06. The lowest BCUT2D eigenvalue weighted by atomic mass is 9.70. The number of benzene rings is 6. The molecule has 0 atom stereocenters. The molecule has 0 radical (unpaired) electrons. The summed E-state index contributed by atoms with van der Waals surface area (Å²) in [7, 11) is 0. The molecule has 1 nitrogen and oxygen atoms in total. The third kappa shape index (κ3) is 3.56. The molecule has 0 fully saturated rings. The normalized spacial score (nSPS) is 13.8. The highest BCUT2D eigenvalue weighted by molar-refractivity contribution is 5.96. The van der Waals surface area contributed by atoms with E-state index in [1.807, 2.05) is 0 Å². The lowest BCUT2D eigenvalue weighted by Crippen LogP contribution is -2.26. The van der Waals surface area contributed by atoms with Gasteiger partial charge in [0, 0.05) is 11.4 Å². The number of nitrogens with one attached hydrogen (secondary N) is 1. The average molecular weight is 540 g/mol. The molecule has 2 aliphatic carbocycles. The van der Waals surface area contributed by atoms with Crippen molar-refractivity contribution in [2.24, 2.45) is 0 Å². The third-order valence-corrected chi connectivity index (χ3v) is 9.24. The van der Waals surface area contributed by atoms with Gasteiger partial charge in [0.15, 0.2) is 0 Å². The fraction of sp³-hybridized carbons (Fsp3) is 0.122. The van der Waals surface area contributed by atoms with E-state index in [4.69, 9.17) is 0 Å². The predicted molar refractivity (Wildman–Crippen MR) is 177 cm³/mol. The van der Waals surface area contributed by atoms with Crippen LogP contribution in [0.5, 0.6) is 0 Å². The number of anilines is 2. The van der Waals surface area contributed by atoms with Gasteiger partial charge in [0.05, 0.1) is 5.41 Å². The molecule has 2 aliphatic rings. The quantitative estimate of drug-likeness (QED) is 0.235. The molecule has 42 heavy (non-hydrogen) atoms. The second-order valence-electron chi connectivity index (χ2n) is 12.7. The molecule has 6 aromatic carbocycles. The van der Waals surface area contributed by atoms with E-state index in [9.17, 15) is 0 Å². The van der Waals surface area contributed by atoms with Gasteiger partial charge < -0.3 is 5.32 Å². The summed E-state index contributed by atoms with van der Waals surface area (Å²) in [6.07, 6.45) is 0. The summed E-state index contributed by atoms with van der Waals surface area (Å²) in [6, 6.07) is 51.5. The standard InChI is InChI=1S/C41H33N/c1-40(2,3)29-19-24-38-35(25-29)34-23-22-31(42-30-20-17-28(18-21-30)27-11-5-4-6-12-27)26-39(34)41(38)36-15-9-7-13-32(36)33-14-8-10-16-37(33)41/h4-26,42H,1-3H3. The van der Waals surface area contributed by atoms with Crippen molar-refractivity contribution in [2.45, 2.75) is 31.6 Å². The summed E-state index contributed by atoms with van der Waals surface area (Å²) in [5.41, 5.74) is 16.6. The van der Waals surface area contributed by atoms with Gasteiger partial charge in [0.25, 0.3) is 0 Å². The van der Waals surface area contributed by atoms with E-state index in [2.05, 4.69) is 166 Å². The number of rotatable bonds is 3. The summed E-state index contributed by atoms with van der Waals surface area (Å²) in [4.78, 5) is 0. The van der Waals surface area contributed by atoms with E-state index in [-0.39, 0.29) is 10.8 Å². The van der Waals surface area contributed by atoms with E-state index in [1.165, 1.54) is 61.2 Å². The summed E-state index contributed by atoms with van der Waals surface area (Å²) < 4.78 is 0. The highest BCUT2D eigenvalue weighted by Crippen LogP contribution is 2.63. The fourth-order valence-electron chi connectivity index (χ4n) is 7.23. The zero-order valence-corrected chi connectivity index (χ0v) is 24.3. The van der Waals surface area contributed by atoms with Crippen LogP contribution in [0.25, 0.3) is 33.4 Å². The van der Waals surface area contributed by atoms with Gasteiger partial charge >= 0.3 is 0 Å². The van der Waals surface area contributed by atoms with Gasteiger partial charge in [-0.25, -0.2) is 0 Å². The molecule has 0 bridgehead atoms. The fourth-order valence-corrected chi connectivity index (χ4v) is 7.23. The van der Waals surface area contributed by atoms with Gasteiger partial charge in [0.1, 0.15) is 0 Å². The summed E-state index contributed by atoms with van der Waals surface area (Å²) in [5.74, 6) is 0. The highest BCUT2D eigenvalue weighted by atomic mass is 14.9. The Morgan fingerprint density at radius 3 is 1.64 bits per heavy atom. The third-order valence-electron chi connectivity index (χ3n) is 9.24. The average Bonchev–Trinajstić information content (AvgIpc) is 3.48. The van der Waals surface area contributed by atoms with Crippen LogP contribution in [0.1, 0.15) is 48.6 Å². The number of fused-ring (bicyclic) bond motifs is 10. The van der Waals surface area contributed by atoms with E-state index in [0.717, 1.165) is 11.4 Å². The van der Waals surface area contributed by atoms with Crippen molar-refractivity contribution >= 4 is 11.4 Å². The Morgan fingerprint density at radius 1 is 0.429 bits per heavy atom. The number of hydrogen-bond acceptors (Lipinski definition) is 1. The summed E-state index contributed by atoms with van der Waals surface area (Å²) >= 11 is 0. The Hall–Kier alpha value is -4.88. The minimum Gasteiger partial charge on any atom is -0.356 e. The Morgan fingerprint density at radius 2 is 0.976 bits per heavy atom. The molecule has 8 rings (SSSR count). The molecule has 0 aromatic heterocycles. The van der Waals surface area contributed by atoms with Crippen LogP contribution < -0.4 is 5.32 Å². The Balaban J connectivity index is 1.31. The van der Waals surface area contributed by atoms with Crippen LogP contribution in [-0.2, 0) is 10.8 Å². The molecule has 6 aromatic rings. The van der Waals surface area contributed by atoms with Crippen molar-refractivity contribution in [3.05, 3.63) is 167 Å². The zero-order chi connectivity index (χ0) is 28.5. The largest absolute Gasteiger partial charge is 0.356 e. The molecule has 0 saturated heterocycles. The maximum Gasteiger partial charge on any atom is 0.0726 e. The summed E-state index contributed by atoms with van der Waals surface area (Å²) in [5, 5.41) is 3.73. The molecule has 1 heteroatoms. The van der Waals surface area contributed by atoms with E-state index < -0.39 is 0 Å². The Bertz CT molecular complexity index is 1930. The van der Waals surface area contributed by atoms with Crippen LogP contribution in [0.4, 0.5) is 11.4 Å². The van der Waals surface area contributed by atoms with Gasteiger partial charge in [0.2, 0.25) is 0 Å². The number of hydrogen-bond donors (Lipinski definition) is 1. The van der Waals surface area contributed by atoms with Gasteiger partial charge in [-0.05, 0) is 90.9 Å². The van der Waals surface area contributed by atoms with Crippen LogP contribution in [0.15, 0.2) is 140 Å². The van der Waals surface area contributed by atoms with Crippen LogP contribution in [-0.4, -0.2) is 0 Å². The Labute approximate surface area is 248 Å². The van der Waals surface area contributed by atoms with Gasteiger partial charge in [-0.3, -0.25) is 0 Å². The van der Waals surface area contributed by atoms with Crippen LogP contribution in [0.2, 0.25) is 0 Å². The molecule has 1 N–H and O–H groups in total. The van der Waals surface area contributed by atoms with Crippen molar-refractivity contribution < 1.29 is 0 Å². The van der Waals surface area contributed by atoms with Crippen molar-refractivity contribution in [2.75, 3.05) is 5.32 Å². The van der Waals surface area contributed by atoms with Crippen molar-refractivity contribution in [3.8, 4) is 33.4 Å². The van der Waals surface area contributed by atoms with Crippen LogP contribution in [0.3, 0.4) is 0 Å². The van der Waals surface area contributed by atoms with E-state index in [0.29, 0.717) is 0 Å². The topological polar surface area (TPSA) is 12.0 Å². The first-order chi connectivity index (χ1) is 20.4.